The number of halogens is 1. The van der Waals surface area contributed by atoms with E-state index >= 15 is 0 Å². The highest BCUT2D eigenvalue weighted by atomic mass is 79.9. The van der Waals surface area contributed by atoms with Gasteiger partial charge in [0.15, 0.2) is 0 Å². The third-order valence-corrected chi connectivity index (χ3v) is 8.85. The van der Waals surface area contributed by atoms with E-state index in [9.17, 15) is 13.2 Å². The first kappa shape index (κ1) is 21.5. The van der Waals surface area contributed by atoms with Gasteiger partial charge >= 0.3 is 0 Å². The molecule has 28 heavy (non-hydrogen) atoms. The van der Waals surface area contributed by atoms with Crippen LogP contribution in [0.4, 0.5) is 5.69 Å². The maximum absolute atomic E-state index is 12.9. The highest BCUT2D eigenvalue weighted by Crippen LogP contribution is 2.32. The molecule has 0 saturated carbocycles. The lowest BCUT2D eigenvalue weighted by atomic mass is 9.85. The van der Waals surface area contributed by atoms with Gasteiger partial charge in [-0.25, -0.2) is 8.42 Å². The molecule has 3 rings (SSSR count). The monoisotopic (exact) mass is 484 g/mol. The summed E-state index contributed by atoms with van der Waals surface area (Å²) in [7, 11) is -3.57. The van der Waals surface area contributed by atoms with Crippen molar-refractivity contribution in [2.24, 2.45) is 5.92 Å². The number of amides is 1. The molecule has 1 aliphatic heterocycles. The Bertz CT molecular complexity index is 964. The zero-order valence-corrected chi connectivity index (χ0v) is 19.5. The number of rotatable bonds is 4. The summed E-state index contributed by atoms with van der Waals surface area (Å²) in [5, 5.41) is 3.04. The standard InChI is InChI=1S/C20H25BrN2O3S2/c1-20(2,3)15-8-4-5-9-16(15)22-19(24)14-7-6-12-23(13-14)28(25,26)18-11-10-17(21)27-18/h4-5,8-11,14H,6-7,12-13H2,1-3H3,(H,22,24). The topological polar surface area (TPSA) is 66.5 Å². The van der Waals surface area contributed by atoms with Crippen molar-refractivity contribution in [2.45, 2.75) is 43.2 Å². The number of piperidine rings is 1. The van der Waals surface area contributed by atoms with Crippen LogP contribution in [0.15, 0.2) is 44.4 Å². The fourth-order valence-electron chi connectivity index (χ4n) is 3.42. The number of anilines is 1. The van der Waals surface area contributed by atoms with Crippen LogP contribution in [-0.2, 0) is 20.2 Å². The summed E-state index contributed by atoms with van der Waals surface area (Å²) in [4.78, 5) is 12.9. The molecule has 1 aromatic carbocycles. The normalized spacial score (nSPS) is 18.8. The van der Waals surface area contributed by atoms with Gasteiger partial charge in [-0.3, -0.25) is 4.79 Å². The van der Waals surface area contributed by atoms with Crippen LogP contribution in [0.2, 0.25) is 0 Å². The van der Waals surface area contributed by atoms with E-state index in [1.807, 2.05) is 24.3 Å². The molecule has 1 aliphatic rings. The van der Waals surface area contributed by atoms with Crippen LogP contribution in [-0.4, -0.2) is 31.7 Å². The molecule has 1 saturated heterocycles. The molecule has 0 aliphatic carbocycles. The van der Waals surface area contributed by atoms with Gasteiger partial charge in [0.25, 0.3) is 10.0 Å². The molecule has 5 nitrogen and oxygen atoms in total. The van der Waals surface area contributed by atoms with Crippen molar-refractivity contribution < 1.29 is 13.2 Å². The largest absolute Gasteiger partial charge is 0.326 e. The van der Waals surface area contributed by atoms with E-state index < -0.39 is 10.0 Å². The predicted molar refractivity (Wildman–Crippen MR) is 117 cm³/mol. The van der Waals surface area contributed by atoms with Crippen molar-refractivity contribution in [3.63, 3.8) is 0 Å². The van der Waals surface area contributed by atoms with Crippen molar-refractivity contribution in [1.82, 2.24) is 4.31 Å². The lowest BCUT2D eigenvalue weighted by molar-refractivity contribution is -0.120. The number of carbonyl (C=O) groups is 1. The zero-order chi connectivity index (χ0) is 20.5. The number of nitrogens with zero attached hydrogens (tertiary/aromatic N) is 1. The minimum Gasteiger partial charge on any atom is -0.326 e. The van der Waals surface area contributed by atoms with Crippen molar-refractivity contribution in [3.05, 3.63) is 45.7 Å². The first-order chi connectivity index (χ1) is 13.1. The quantitative estimate of drug-likeness (QED) is 0.674. The van der Waals surface area contributed by atoms with Crippen molar-refractivity contribution >= 4 is 48.9 Å². The molecular formula is C20H25BrN2O3S2. The first-order valence-corrected chi connectivity index (χ1v) is 12.3. The van der Waals surface area contributed by atoms with E-state index in [-0.39, 0.29) is 23.8 Å². The van der Waals surface area contributed by atoms with Gasteiger partial charge in [0.2, 0.25) is 5.91 Å². The number of hydrogen-bond acceptors (Lipinski definition) is 4. The Hall–Kier alpha value is -1.22. The van der Waals surface area contributed by atoms with Crippen LogP contribution in [0.5, 0.6) is 0 Å². The van der Waals surface area contributed by atoms with E-state index in [0.29, 0.717) is 23.6 Å². The van der Waals surface area contributed by atoms with E-state index in [1.165, 1.54) is 15.6 Å². The first-order valence-electron chi connectivity index (χ1n) is 9.25. The van der Waals surface area contributed by atoms with Crippen LogP contribution in [0.3, 0.4) is 0 Å². The highest BCUT2D eigenvalue weighted by molar-refractivity contribution is 9.11. The van der Waals surface area contributed by atoms with Crippen LogP contribution >= 0.6 is 27.3 Å². The van der Waals surface area contributed by atoms with E-state index in [2.05, 4.69) is 42.0 Å². The average Bonchev–Trinajstić information content (AvgIpc) is 3.08. The molecule has 0 bridgehead atoms. The third kappa shape index (κ3) is 4.67. The smallest absolute Gasteiger partial charge is 0.252 e. The number of benzene rings is 1. The molecule has 1 aromatic heterocycles. The van der Waals surface area contributed by atoms with Crippen molar-refractivity contribution in [2.75, 3.05) is 18.4 Å². The number of nitrogens with one attached hydrogen (secondary N) is 1. The second-order valence-corrected chi connectivity index (χ2v) is 12.7. The Kier molecular flexibility index (Phi) is 6.34. The Labute approximate surface area is 179 Å². The summed E-state index contributed by atoms with van der Waals surface area (Å²) >= 11 is 4.51. The van der Waals surface area contributed by atoms with Gasteiger partial charge in [-0.1, -0.05) is 39.0 Å². The summed E-state index contributed by atoms with van der Waals surface area (Å²) in [5.74, 6) is -0.482. The fourth-order valence-corrected chi connectivity index (χ4v) is 7.11. The maximum atomic E-state index is 12.9. The molecule has 1 atom stereocenters. The van der Waals surface area contributed by atoms with Crippen molar-refractivity contribution in [1.29, 1.82) is 0 Å². The van der Waals surface area contributed by atoms with E-state index in [4.69, 9.17) is 0 Å². The number of sulfonamides is 1. The van der Waals surface area contributed by atoms with Gasteiger partial charge < -0.3 is 5.32 Å². The van der Waals surface area contributed by atoms with Crippen LogP contribution in [0, 0.1) is 5.92 Å². The Balaban J connectivity index is 1.76. The molecule has 1 unspecified atom stereocenters. The molecular weight excluding hydrogens is 460 g/mol. The molecule has 152 valence electrons. The maximum Gasteiger partial charge on any atom is 0.252 e. The molecule has 0 spiro atoms. The lowest BCUT2D eigenvalue weighted by Gasteiger charge is -2.31. The molecule has 1 N–H and O–H groups in total. The highest BCUT2D eigenvalue weighted by Gasteiger charge is 2.34. The molecule has 1 fully saturated rings. The van der Waals surface area contributed by atoms with Crippen LogP contribution < -0.4 is 5.32 Å². The SMILES string of the molecule is CC(C)(C)c1ccccc1NC(=O)C1CCCN(S(=O)(=O)c2ccc(Br)s2)C1. The summed E-state index contributed by atoms with van der Waals surface area (Å²) in [5.41, 5.74) is 1.76. The minimum atomic E-state index is -3.57. The zero-order valence-electron chi connectivity index (χ0n) is 16.2. The molecule has 2 aromatic rings. The molecule has 8 heteroatoms. The molecule has 0 radical (unpaired) electrons. The minimum absolute atomic E-state index is 0.0988. The van der Waals surface area contributed by atoms with E-state index in [0.717, 1.165) is 15.0 Å². The van der Waals surface area contributed by atoms with Gasteiger partial charge in [0.05, 0.1) is 9.70 Å². The third-order valence-electron chi connectivity index (χ3n) is 4.89. The van der Waals surface area contributed by atoms with Gasteiger partial charge in [-0.2, -0.15) is 4.31 Å². The summed E-state index contributed by atoms with van der Waals surface area (Å²) in [6.07, 6.45) is 1.36. The number of thiophene rings is 1. The lowest BCUT2D eigenvalue weighted by Crippen LogP contribution is -2.43. The van der Waals surface area contributed by atoms with Crippen LogP contribution in [0.25, 0.3) is 0 Å². The molecule has 2 heterocycles. The van der Waals surface area contributed by atoms with Crippen LogP contribution in [0.1, 0.15) is 39.2 Å². The molecule has 1 amide bonds. The van der Waals surface area contributed by atoms with Crippen molar-refractivity contribution in [3.8, 4) is 0 Å². The summed E-state index contributed by atoms with van der Waals surface area (Å²) in [6, 6.07) is 11.1. The average molecular weight is 485 g/mol. The van der Waals surface area contributed by atoms with Gasteiger partial charge in [0.1, 0.15) is 4.21 Å². The number of para-hydroxylation sites is 1. The Morgan fingerprint density at radius 1 is 1.21 bits per heavy atom. The predicted octanol–water partition coefficient (Wildman–Crippen LogP) is 4.85. The second-order valence-electron chi connectivity index (χ2n) is 8.05. The Morgan fingerprint density at radius 3 is 2.57 bits per heavy atom. The summed E-state index contributed by atoms with van der Waals surface area (Å²) < 4.78 is 28.3. The second kappa shape index (κ2) is 8.26. The summed E-state index contributed by atoms with van der Waals surface area (Å²) in [6.45, 7) is 6.96. The van der Waals surface area contributed by atoms with Gasteiger partial charge in [-0.15, -0.1) is 11.3 Å². The van der Waals surface area contributed by atoms with Gasteiger partial charge in [-0.05, 0) is 57.9 Å². The fraction of sp³-hybridized carbons (Fsp3) is 0.450. The van der Waals surface area contributed by atoms with E-state index in [1.54, 1.807) is 12.1 Å². The number of hydrogen-bond donors (Lipinski definition) is 1. The van der Waals surface area contributed by atoms with Gasteiger partial charge in [0, 0.05) is 18.8 Å². The number of carbonyl (C=O) groups excluding carboxylic acids is 1. The Morgan fingerprint density at radius 2 is 1.93 bits per heavy atom.